The molecule has 0 aliphatic rings. The number of nitrogens with one attached hydrogen (secondary N) is 1. The highest BCUT2D eigenvalue weighted by Crippen LogP contribution is 2.01. The summed E-state index contributed by atoms with van der Waals surface area (Å²) in [4.78, 5) is 23.3. The number of carboxylic acid groups (broad SMARTS) is 1. The standard InChI is InChI=1S/C10H20N2O3.ClH/c1-4-8(2)6-12(3)7-9(13)11-5-10(14)15;/h8H,4-7H2,1-3H3,(H,11,13)(H,14,15);1H. The lowest BCUT2D eigenvalue weighted by Crippen LogP contribution is -2.39. The molecular weight excluding hydrogens is 232 g/mol. The number of carboxylic acids is 1. The highest BCUT2D eigenvalue weighted by atomic mass is 35.5. The number of nitrogens with zero attached hydrogens (tertiary/aromatic N) is 1. The molecule has 2 N–H and O–H groups in total. The summed E-state index contributed by atoms with van der Waals surface area (Å²) in [6.07, 6.45) is 1.07. The maximum Gasteiger partial charge on any atom is 0.322 e. The Morgan fingerprint density at radius 2 is 2.00 bits per heavy atom. The Bertz CT molecular complexity index is 224. The van der Waals surface area contributed by atoms with Gasteiger partial charge in [0.2, 0.25) is 5.91 Å². The van der Waals surface area contributed by atoms with Gasteiger partial charge >= 0.3 is 5.97 Å². The molecular formula is C10H21ClN2O3. The van der Waals surface area contributed by atoms with Crippen molar-refractivity contribution >= 4 is 24.3 Å². The predicted molar refractivity (Wildman–Crippen MR) is 64.8 cm³/mol. The number of carbonyl (C=O) groups excluding carboxylic acids is 1. The van der Waals surface area contributed by atoms with Crippen molar-refractivity contribution in [3.63, 3.8) is 0 Å². The molecule has 0 aliphatic carbocycles. The van der Waals surface area contributed by atoms with Crippen LogP contribution in [0.3, 0.4) is 0 Å². The van der Waals surface area contributed by atoms with Crippen LogP contribution in [0.4, 0.5) is 0 Å². The number of carbonyl (C=O) groups is 2. The van der Waals surface area contributed by atoms with Gasteiger partial charge in [0.15, 0.2) is 0 Å². The first-order valence-electron chi connectivity index (χ1n) is 5.12. The summed E-state index contributed by atoms with van der Waals surface area (Å²) >= 11 is 0. The summed E-state index contributed by atoms with van der Waals surface area (Å²) < 4.78 is 0. The smallest absolute Gasteiger partial charge is 0.322 e. The van der Waals surface area contributed by atoms with Gasteiger partial charge in [0.05, 0.1) is 6.54 Å². The molecule has 0 saturated carbocycles. The second kappa shape index (κ2) is 9.42. The first kappa shape index (κ1) is 17.6. The average Bonchev–Trinajstić information content (AvgIpc) is 2.14. The van der Waals surface area contributed by atoms with Crippen molar-refractivity contribution in [2.45, 2.75) is 20.3 Å². The maximum atomic E-state index is 11.2. The lowest BCUT2D eigenvalue weighted by Gasteiger charge is -2.19. The summed E-state index contributed by atoms with van der Waals surface area (Å²) in [6.45, 7) is 5.00. The molecule has 0 aromatic heterocycles. The zero-order valence-corrected chi connectivity index (χ0v) is 10.8. The minimum atomic E-state index is -1.02. The molecule has 1 amide bonds. The van der Waals surface area contributed by atoms with Crippen LogP contribution in [0.2, 0.25) is 0 Å². The first-order valence-corrected chi connectivity index (χ1v) is 5.12. The summed E-state index contributed by atoms with van der Waals surface area (Å²) in [5, 5.41) is 10.7. The topological polar surface area (TPSA) is 69.6 Å². The molecule has 1 atom stereocenters. The zero-order chi connectivity index (χ0) is 11.8. The van der Waals surface area contributed by atoms with Crippen LogP contribution in [0.5, 0.6) is 0 Å². The van der Waals surface area contributed by atoms with Crippen molar-refractivity contribution in [3.05, 3.63) is 0 Å². The minimum absolute atomic E-state index is 0. The number of likely N-dealkylation sites (N-methyl/N-ethyl adjacent to an activating group) is 1. The Morgan fingerprint density at radius 3 is 2.44 bits per heavy atom. The second-order valence-corrected chi connectivity index (χ2v) is 3.88. The van der Waals surface area contributed by atoms with E-state index in [0.29, 0.717) is 5.92 Å². The van der Waals surface area contributed by atoms with Gasteiger partial charge < -0.3 is 10.4 Å². The van der Waals surface area contributed by atoms with E-state index in [-0.39, 0.29) is 31.4 Å². The van der Waals surface area contributed by atoms with Crippen molar-refractivity contribution in [2.75, 3.05) is 26.7 Å². The third kappa shape index (κ3) is 9.73. The molecule has 6 heteroatoms. The molecule has 1 unspecified atom stereocenters. The molecule has 0 bridgehead atoms. The number of amides is 1. The van der Waals surface area contributed by atoms with Crippen LogP contribution in [0.25, 0.3) is 0 Å². The van der Waals surface area contributed by atoms with E-state index >= 15 is 0 Å². The van der Waals surface area contributed by atoms with Gasteiger partial charge in [0.1, 0.15) is 6.54 Å². The monoisotopic (exact) mass is 252 g/mol. The van der Waals surface area contributed by atoms with Crippen molar-refractivity contribution < 1.29 is 14.7 Å². The van der Waals surface area contributed by atoms with Crippen LogP contribution in [0.15, 0.2) is 0 Å². The number of rotatable bonds is 7. The fourth-order valence-electron chi connectivity index (χ4n) is 1.20. The molecule has 96 valence electrons. The SMILES string of the molecule is CCC(C)CN(C)CC(=O)NCC(=O)O.Cl. The van der Waals surface area contributed by atoms with Crippen molar-refractivity contribution in [1.82, 2.24) is 10.2 Å². The first-order chi connectivity index (χ1) is 6.95. The third-order valence-corrected chi connectivity index (χ3v) is 2.17. The van der Waals surface area contributed by atoms with E-state index < -0.39 is 5.97 Å². The van der Waals surface area contributed by atoms with E-state index in [0.717, 1.165) is 13.0 Å². The third-order valence-electron chi connectivity index (χ3n) is 2.17. The van der Waals surface area contributed by atoms with E-state index in [2.05, 4.69) is 19.2 Å². The van der Waals surface area contributed by atoms with E-state index in [1.165, 1.54) is 0 Å². The Balaban J connectivity index is 0. The van der Waals surface area contributed by atoms with Gasteiger partial charge in [0, 0.05) is 6.54 Å². The van der Waals surface area contributed by atoms with Gasteiger partial charge in [-0.05, 0) is 13.0 Å². The summed E-state index contributed by atoms with van der Waals surface area (Å²) in [7, 11) is 1.85. The maximum absolute atomic E-state index is 11.2. The van der Waals surface area contributed by atoms with Gasteiger partial charge in [-0.25, -0.2) is 0 Å². The minimum Gasteiger partial charge on any atom is -0.480 e. The van der Waals surface area contributed by atoms with Crippen LogP contribution in [-0.4, -0.2) is 48.6 Å². The fourth-order valence-corrected chi connectivity index (χ4v) is 1.20. The molecule has 0 radical (unpaired) electrons. The van der Waals surface area contributed by atoms with Crippen LogP contribution >= 0.6 is 12.4 Å². The number of aliphatic carboxylic acids is 1. The lowest BCUT2D eigenvalue weighted by atomic mass is 10.1. The molecule has 0 fully saturated rings. The van der Waals surface area contributed by atoms with Crippen molar-refractivity contribution in [2.24, 2.45) is 5.92 Å². The van der Waals surface area contributed by atoms with Crippen LogP contribution in [-0.2, 0) is 9.59 Å². The quantitative estimate of drug-likeness (QED) is 0.696. The second-order valence-electron chi connectivity index (χ2n) is 3.88. The van der Waals surface area contributed by atoms with Crippen LogP contribution < -0.4 is 5.32 Å². The lowest BCUT2D eigenvalue weighted by molar-refractivity contribution is -0.138. The van der Waals surface area contributed by atoms with Gasteiger partial charge in [-0.3, -0.25) is 14.5 Å². The summed E-state index contributed by atoms with van der Waals surface area (Å²) in [5.74, 6) is -0.724. The number of hydrogen-bond donors (Lipinski definition) is 2. The molecule has 0 rings (SSSR count). The Hall–Kier alpha value is -0.810. The predicted octanol–water partition coefficient (Wildman–Crippen LogP) is 0.587. The molecule has 0 saturated heterocycles. The molecule has 16 heavy (non-hydrogen) atoms. The molecule has 0 aromatic carbocycles. The van der Waals surface area contributed by atoms with Crippen molar-refractivity contribution in [1.29, 1.82) is 0 Å². The largest absolute Gasteiger partial charge is 0.480 e. The van der Waals surface area contributed by atoms with E-state index in [9.17, 15) is 9.59 Å². The van der Waals surface area contributed by atoms with Gasteiger partial charge in [-0.1, -0.05) is 20.3 Å². The Morgan fingerprint density at radius 1 is 1.44 bits per heavy atom. The van der Waals surface area contributed by atoms with E-state index in [1.807, 2.05) is 11.9 Å². The fraction of sp³-hybridized carbons (Fsp3) is 0.800. The van der Waals surface area contributed by atoms with Crippen LogP contribution in [0, 0.1) is 5.92 Å². The normalized spacial score (nSPS) is 11.8. The Kier molecular flexibility index (Phi) is 10.3. The Labute approximate surface area is 103 Å². The highest BCUT2D eigenvalue weighted by molar-refractivity contribution is 5.85. The van der Waals surface area contributed by atoms with E-state index in [4.69, 9.17) is 5.11 Å². The molecule has 5 nitrogen and oxygen atoms in total. The summed E-state index contributed by atoms with van der Waals surface area (Å²) in [6, 6.07) is 0. The van der Waals surface area contributed by atoms with Gasteiger partial charge in [-0.2, -0.15) is 0 Å². The number of hydrogen-bond acceptors (Lipinski definition) is 3. The van der Waals surface area contributed by atoms with Gasteiger partial charge in [-0.15, -0.1) is 12.4 Å². The number of halogens is 1. The van der Waals surface area contributed by atoms with Crippen molar-refractivity contribution in [3.8, 4) is 0 Å². The molecule has 0 spiro atoms. The average molecular weight is 253 g/mol. The molecule has 0 aliphatic heterocycles. The highest BCUT2D eigenvalue weighted by Gasteiger charge is 2.09. The van der Waals surface area contributed by atoms with Crippen LogP contribution in [0.1, 0.15) is 20.3 Å². The zero-order valence-electron chi connectivity index (χ0n) is 10.0. The molecule has 0 aromatic rings. The van der Waals surface area contributed by atoms with E-state index in [1.54, 1.807) is 0 Å². The molecule has 0 heterocycles. The summed E-state index contributed by atoms with van der Waals surface area (Å²) in [5.41, 5.74) is 0. The van der Waals surface area contributed by atoms with Gasteiger partial charge in [0.25, 0.3) is 0 Å².